The Balaban J connectivity index is 2.02. The number of carbonyl (C=O) groups is 1. The van der Waals surface area contributed by atoms with Crippen LogP contribution in [0.1, 0.15) is 23.3 Å². The van der Waals surface area contributed by atoms with Gasteiger partial charge in [-0.05, 0) is 31.2 Å². The first-order valence-corrected chi connectivity index (χ1v) is 8.06. The van der Waals surface area contributed by atoms with E-state index in [1.165, 1.54) is 23.3 Å². The molecule has 6 heteroatoms. The van der Waals surface area contributed by atoms with Crippen molar-refractivity contribution in [2.45, 2.75) is 25.7 Å². The highest BCUT2D eigenvalue weighted by Crippen LogP contribution is 2.38. The summed E-state index contributed by atoms with van der Waals surface area (Å²) >= 11 is 1.78. The number of hydrogen-bond acceptors (Lipinski definition) is 5. The van der Waals surface area contributed by atoms with Gasteiger partial charge in [0, 0.05) is 26.0 Å². The van der Waals surface area contributed by atoms with E-state index in [-0.39, 0.29) is 5.91 Å². The molecule has 0 bridgehead atoms. The van der Waals surface area contributed by atoms with Gasteiger partial charge in [0.15, 0.2) is 0 Å². The predicted octanol–water partition coefficient (Wildman–Crippen LogP) is 2.09. The molecule has 0 spiro atoms. The van der Waals surface area contributed by atoms with Crippen LogP contribution >= 0.6 is 11.3 Å². The monoisotopic (exact) mass is 304 g/mol. The summed E-state index contributed by atoms with van der Waals surface area (Å²) in [6.45, 7) is 0.337. The van der Waals surface area contributed by atoms with Gasteiger partial charge in [-0.1, -0.05) is 0 Å². The van der Waals surface area contributed by atoms with Crippen LogP contribution in [-0.2, 0) is 17.6 Å². The molecule has 0 radical (unpaired) electrons. The molecule has 112 valence electrons. The van der Waals surface area contributed by atoms with Crippen molar-refractivity contribution in [3.8, 4) is 0 Å². The third-order valence-corrected chi connectivity index (χ3v) is 5.16. The molecule has 0 saturated heterocycles. The van der Waals surface area contributed by atoms with Crippen LogP contribution in [0.25, 0.3) is 10.2 Å². The van der Waals surface area contributed by atoms with E-state index in [1.807, 2.05) is 11.9 Å². The summed E-state index contributed by atoms with van der Waals surface area (Å²) < 4.78 is 0. The van der Waals surface area contributed by atoms with Crippen LogP contribution in [0.2, 0.25) is 0 Å². The maximum absolute atomic E-state index is 11.9. The second-order valence-electron chi connectivity index (χ2n) is 5.73. The third-order valence-electron chi connectivity index (χ3n) is 3.96. The average Bonchev–Trinajstić information content (AvgIpc) is 2.85. The van der Waals surface area contributed by atoms with Crippen molar-refractivity contribution >= 4 is 33.3 Å². The second-order valence-corrected chi connectivity index (χ2v) is 6.82. The van der Waals surface area contributed by atoms with Crippen LogP contribution in [-0.4, -0.2) is 48.5 Å². The molecule has 2 heterocycles. The van der Waals surface area contributed by atoms with Gasteiger partial charge in [0.1, 0.15) is 17.0 Å². The lowest BCUT2D eigenvalue weighted by atomic mass is 9.97. The quantitative estimate of drug-likeness (QED) is 0.871. The Morgan fingerprint density at radius 3 is 2.76 bits per heavy atom. The summed E-state index contributed by atoms with van der Waals surface area (Å²) in [4.78, 5) is 26.9. The minimum Gasteiger partial charge on any atom is -0.350 e. The maximum Gasteiger partial charge on any atom is 0.241 e. The number of thiophene rings is 1. The number of nitrogens with zero attached hydrogens (tertiary/aromatic N) is 4. The zero-order valence-corrected chi connectivity index (χ0v) is 13.5. The van der Waals surface area contributed by atoms with Crippen LogP contribution in [0.5, 0.6) is 0 Å². The third kappa shape index (κ3) is 2.60. The fraction of sp³-hybridized carbons (Fsp3) is 0.533. The lowest BCUT2D eigenvalue weighted by Crippen LogP contribution is -2.34. The van der Waals surface area contributed by atoms with Crippen molar-refractivity contribution < 1.29 is 4.79 Å². The topological polar surface area (TPSA) is 49.3 Å². The molecule has 2 aromatic heterocycles. The van der Waals surface area contributed by atoms with E-state index in [9.17, 15) is 4.79 Å². The summed E-state index contributed by atoms with van der Waals surface area (Å²) in [5.74, 6) is 0.961. The fourth-order valence-corrected chi connectivity index (χ4v) is 4.01. The average molecular weight is 304 g/mol. The van der Waals surface area contributed by atoms with Gasteiger partial charge >= 0.3 is 0 Å². The molecule has 1 aliphatic carbocycles. The van der Waals surface area contributed by atoms with Gasteiger partial charge in [0.2, 0.25) is 5.91 Å². The van der Waals surface area contributed by atoms with Gasteiger partial charge in [-0.25, -0.2) is 9.97 Å². The lowest BCUT2D eigenvalue weighted by Gasteiger charge is -2.21. The first-order valence-electron chi connectivity index (χ1n) is 7.24. The van der Waals surface area contributed by atoms with Crippen LogP contribution < -0.4 is 4.90 Å². The normalized spacial score (nSPS) is 14.0. The Hall–Kier alpha value is -1.69. The van der Waals surface area contributed by atoms with Crippen molar-refractivity contribution in [2.75, 3.05) is 32.6 Å². The van der Waals surface area contributed by atoms with Gasteiger partial charge in [0.05, 0.1) is 11.9 Å². The highest BCUT2D eigenvalue weighted by atomic mass is 32.1. The summed E-state index contributed by atoms with van der Waals surface area (Å²) in [5.41, 5.74) is 1.40. The standard InChI is InChI=1S/C15H20N4OS/c1-18(2)12(20)8-19(3)14-13-10-6-4-5-7-11(10)21-15(13)17-9-16-14/h9H,4-8H2,1-3H3. The molecule has 1 aliphatic rings. The Bertz CT molecular complexity index is 680. The Morgan fingerprint density at radius 1 is 1.24 bits per heavy atom. The van der Waals surface area contributed by atoms with E-state index >= 15 is 0 Å². The van der Waals surface area contributed by atoms with Crippen LogP contribution in [0.15, 0.2) is 6.33 Å². The molecule has 0 unspecified atom stereocenters. The van der Waals surface area contributed by atoms with Crippen molar-refractivity contribution in [2.24, 2.45) is 0 Å². The number of amides is 1. The van der Waals surface area contributed by atoms with E-state index in [4.69, 9.17) is 0 Å². The van der Waals surface area contributed by atoms with Gasteiger partial charge in [-0.3, -0.25) is 4.79 Å². The number of likely N-dealkylation sites (N-methyl/N-ethyl adjacent to an activating group) is 2. The van der Waals surface area contributed by atoms with E-state index in [1.54, 1.807) is 36.7 Å². The van der Waals surface area contributed by atoms with Gasteiger partial charge in [0.25, 0.3) is 0 Å². The molecule has 3 rings (SSSR count). The van der Waals surface area contributed by atoms with Crippen LogP contribution in [0.4, 0.5) is 5.82 Å². The predicted molar refractivity (Wildman–Crippen MR) is 86.0 cm³/mol. The molecule has 21 heavy (non-hydrogen) atoms. The SMILES string of the molecule is CN(C)C(=O)CN(C)c1ncnc2sc3c(c12)CCCC3. The first-order chi connectivity index (χ1) is 10.1. The number of carbonyl (C=O) groups excluding carboxylic acids is 1. The first kappa shape index (κ1) is 14.3. The Kier molecular flexibility index (Phi) is 3.80. The number of hydrogen-bond donors (Lipinski definition) is 0. The molecule has 2 aromatic rings. The zero-order chi connectivity index (χ0) is 15.0. The molecular weight excluding hydrogens is 284 g/mol. The molecule has 0 fully saturated rings. The number of aryl methyl sites for hydroxylation is 2. The van der Waals surface area contributed by atoms with Crippen LogP contribution in [0.3, 0.4) is 0 Å². The lowest BCUT2D eigenvalue weighted by molar-refractivity contribution is -0.127. The molecule has 0 aliphatic heterocycles. The largest absolute Gasteiger partial charge is 0.350 e. The Morgan fingerprint density at radius 2 is 2.00 bits per heavy atom. The summed E-state index contributed by atoms with van der Waals surface area (Å²) in [6.07, 6.45) is 6.35. The van der Waals surface area contributed by atoms with Crippen molar-refractivity contribution in [1.29, 1.82) is 0 Å². The van der Waals surface area contributed by atoms with Crippen molar-refractivity contribution in [3.05, 3.63) is 16.8 Å². The van der Waals surface area contributed by atoms with Crippen LogP contribution in [0, 0.1) is 0 Å². The fourth-order valence-electron chi connectivity index (χ4n) is 2.78. The molecule has 0 N–H and O–H groups in total. The van der Waals surface area contributed by atoms with Gasteiger partial charge in [-0.2, -0.15) is 0 Å². The highest BCUT2D eigenvalue weighted by Gasteiger charge is 2.22. The number of aromatic nitrogens is 2. The van der Waals surface area contributed by atoms with E-state index in [0.29, 0.717) is 6.54 Å². The molecule has 0 saturated carbocycles. The molecule has 1 amide bonds. The molecular formula is C15H20N4OS. The summed E-state index contributed by atoms with van der Waals surface area (Å²) in [6, 6.07) is 0. The minimum atomic E-state index is 0.0772. The number of anilines is 1. The van der Waals surface area contributed by atoms with Crippen molar-refractivity contribution in [3.63, 3.8) is 0 Å². The summed E-state index contributed by atoms with van der Waals surface area (Å²) in [7, 11) is 5.48. The summed E-state index contributed by atoms with van der Waals surface area (Å²) in [5, 5.41) is 1.16. The molecule has 0 atom stereocenters. The van der Waals surface area contributed by atoms with E-state index in [0.717, 1.165) is 28.9 Å². The zero-order valence-electron chi connectivity index (χ0n) is 12.7. The van der Waals surface area contributed by atoms with Gasteiger partial charge < -0.3 is 9.80 Å². The smallest absolute Gasteiger partial charge is 0.241 e. The Labute approximate surface area is 128 Å². The van der Waals surface area contributed by atoms with Crippen molar-refractivity contribution in [1.82, 2.24) is 14.9 Å². The maximum atomic E-state index is 11.9. The molecule has 5 nitrogen and oxygen atoms in total. The minimum absolute atomic E-state index is 0.0772. The molecule has 0 aromatic carbocycles. The van der Waals surface area contributed by atoms with Gasteiger partial charge in [-0.15, -0.1) is 11.3 Å². The number of rotatable bonds is 3. The number of fused-ring (bicyclic) bond motifs is 3. The highest BCUT2D eigenvalue weighted by molar-refractivity contribution is 7.19. The van der Waals surface area contributed by atoms with E-state index in [2.05, 4.69) is 9.97 Å². The second kappa shape index (κ2) is 5.60. The van der Waals surface area contributed by atoms with E-state index < -0.39 is 0 Å².